The van der Waals surface area contributed by atoms with Crippen LogP contribution in [-0.2, 0) is 0 Å². The molecule has 0 unspecified atom stereocenters. The number of hydrogen-bond donors (Lipinski definition) is 0. The van der Waals surface area contributed by atoms with Gasteiger partial charge in [-0.15, -0.1) is 5.60 Å². The molecular weight excluding hydrogens is 148 g/mol. The molecule has 0 bridgehead atoms. The van der Waals surface area contributed by atoms with Crippen molar-refractivity contribution >= 4 is 0 Å². The van der Waals surface area contributed by atoms with Crippen molar-refractivity contribution in [2.45, 2.75) is 58.5 Å². The molecule has 0 aromatic rings. The van der Waals surface area contributed by atoms with E-state index in [9.17, 15) is 5.11 Å². The summed E-state index contributed by atoms with van der Waals surface area (Å²) < 4.78 is 0. The van der Waals surface area contributed by atoms with Crippen molar-refractivity contribution in [1.29, 1.82) is 0 Å². The van der Waals surface area contributed by atoms with Gasteiger partial charge in [-0.25, -0.2) is 0 Å². The van der Waals surface area contributed by atoms with Gasteiger partial charge in [0.2, 0.25) is 0 Å². The standard InChI is InChI=1S/C11H20O/c1-4-5-10(2)6-8-11(3,12)9-7-10/h4H,5-9H2,1-3H3/q-2. The highest BCUT2D eigenvalue weighted by Crippen LogP contribution is 2.42. The third-order valence-corrected chi connectivity index (χ3v) is 3.21. The Morgan fingerprint density at radius 3 is 2.08 bits per heavy atom. The van der Waals surface area contributed by atoms with Gasteiger partial charge in [-0.2, -0.15) is 13.3 Å². The van der Waals surface area contributed by atoms with E-state index in [4.69, 9.17) is 0 Å². The van der Waals surface area contributed by atoms with Gasteiger partial charge in [0.1, 0.15) is 0 Å². The highest BCUT2D eigenvalue weighted by Gasteiger charge is 2.28. The molecule has 0 saturated heterocycles. The van der Waals surface area contributed by atoms with Gasteiger partial charge < -0.3 is 11.5 Å². The molecule has 1 saturated carbocycles. The highest BCUT2D eigenvalue weighted by molar-refractivity contribution is 4.89. The quantitative estimate of drug-likeness (QED) is 0.580. The second-order valence-corrected chi connectivity index (χ2v) is 4.87. The Morgan fingerprint density at radius 2 is 1.67 bits per heavy atom. The van der Waals surface area contributed by atoms with Crippen molar-refractivity contribution in [2.75, 3.05) is 0 Å². The smallest absolute Gasteiger partial charge is 0.0511 e. The Morgan fingerprint density at radius 1 is 1.17 bits per heavy atom. The molecule has 1 aliphatic carbocycles. The maximum absolute atomic E-state index is 11.6. The maximum Gasteiger partial charge on any atom is -0.0511 e. The zero-order valence-electron chi connectivity index (χ0n) is 8.52. The van der Waals surface area contributed by atoms with Gasteiger partial charge >= 0.3 is 0 Å². The molecule has 1 aliphatic rings. The Hall–Kier alpha value is -0.0400. The van der Waals surface area contributed by atoms with Crippen LogP contribution < -0.4 is 5.11 Å². The van der Waals surface area contributed by atoms with Crippen LogP contribution in [0.1, 0.15) is 52.9 Å². The molecule has 0 spiro atoms. The Labute approximate surface area is 76.2 Å². The van der Waals surface area contributed by atoms with E-state index in [1.807, 2.05) is 6.92 Å². The average Bonchev–Trinajstić information content (AvgIpc) is 1.98. The monoisotopic (exact) mass is 168 g/mol. The lowest BCUT2D eigenvalue weighted by Crippen LogP contribution is -2.45. The molecule has 0 amide bonds. The normalized spacial score (nSPS) is 43.0. The molecule has 0 radical (unpaired) electrons. The minimum Gasteiger partial charge on any atom is -0.850 e. The van der Waals surface area contributed by atoms with Crippen LogP contribution in [0.25, 0.3) is 0 Å². The van der Waals surface area contributed by atoms with Gasteiger partial charge in [0, 0.05) is 0 Å². The fraction of sp³-hybridized carbons (Fsp3) is 0.909. The first-order valence-electron chi connectivity index (χ1n) is 4.96. The summed E-state index contributed by atoms with van der Waals surface area (Å²) >= 11 is 0. The minimum atomic E-state index is -0.632. The molecule has 0 aromatic heterocycles. The van der Waals surface area contributed by atoms with Gasteiger partial charge in [0.25, 0.3) is 0 Å². The zero-order chi connectivity index (χ0) is 9.24. The molecule has 72 valence electrons. The van der Waals surface area contributed by atoms with Gasteiger partial charge in [-0.1, -0.05) is 44.9 Å². The topological polar surface area (TPSA) is 23.1 Å². The Balaban J connectivity index is 2.44. The van der Waals surface area contributed by atoms with E-state index < -0.39 is 5.60 Å². The lowest BCUT2D eigenvalue weighted by molar-refractivity contribution is -0.480. The van der Waals surface area contributed by atoms with Crippen molar-refractivity contribution in [3.8, 4) is 0 Å². The van der Waals surface area contributed by atoms with Crippen molar-refractivity contribution in [2.24, 2.45) is 5.41 Å². The van der Waals surface area contributed by atoms with Crippen LogP contribution >= 0.6 is 0 Å². The third-order valence-electron chi connectivity index (χ3n) is 3.21. The maximum atomic E-state index is 11.6. The molecule has 12 heavy (non-hydrogen) atoms. The molecule has 0 N–H and O–H groups in total. The summed E-state index contributed by atoms with van der Waals surface area (Å²) in [5.41, 5.74) is -0.202. The minimum absolute atomic E-state index is 0.429. The van der Waals surface area contributed by atoms with Crippen LogP contribution in [0, 0.1) is 11.8 Å². The van der Waals surface area contributed by atoms with Gasteiger partial charge in [-0.05, 0) is 0 Å². The van der Waals surface area contributed by atoms with Crippen molar-refractivity contribution in [3.63, 3.8) is 0 Å². The largest absolute Gasteiger partial charge is 0.850 e. The molecule has 0 aromatic carbocycles. The third kappa shape index (κ3) is 2.48. The first kappa shape index (κ1) is 10.0. The van der Waals surface area contributed by atoms with Gasteiger partial charge in [-0.3, -0.25) is 0 Å². The molecule has 1 nitrogen and oxygen atoms in total. The van der Waals surface area contributed by atoms with Crippen LogP contribution in [0.5, 0.6) is 0 Å². The van der Waals surface area contributed by atoms with Crippen LogP contribution in [0.2, 0.25) is 0 Å². The Bertz CT molecular complexity index is 139. The van der Waals surface area contributed by atoms with Crippen LogP contribution in [0.15, 0.2) is 0 Å². The van der Waals surface area contributed by atoms with E-state index in [1.54, 1.807) is 0 Å². The van der Waals surface area contributed by atoms with Crippen LogP contribution in [0.3, 0.4) is 0 Å². The van der Waals surface area contributed by atoms with Crippen molar-refractivity contribution in [3.05, 3.63) is 6.42 Å². The predicted molar refractivity (Wildman–Crippen MR) is 49.6 cm³/mol. The molecule has 1 rings (SSSR count). The van der Waals surface area contributed by atoms with E-state index in [1.165, 1.54) is 6.42 Å². The van der Waals surface area contributed by atoms with E-state index in [-0.39, 0.29) is 0 Å². The Kier molecular flexibility index (Phi) is 2.82. The molecule has 0 atom stereocenters. The summed E-state index contributed by atoms with van der Waals surface area (Å²) in [6.45, 7) is 6.26. The van der Waals surface area contributed by atoms with Crippen molar-refractivity contribution < 1.29 is 5.11 Å². The zero-order valence-corrected chi connectivity index (χ0v) is 8.52. The second-order valence-electron chi connectivity index (χ2n) is 4.87. The van der Waals surface area contributed by atoms with Gasteiger partial charge in [0.05, 0.1) is 0 Å². The number of hydrogen-bond acceptors (Lipinski definition) is 1. The van der Waals surface area contributed by atoms with Crippen molar-refractivity contribution in [1.82, 2.24) is 0 Å². The average molecular weight is 168 g/mol. The lowest BCUT2D eigenvalue weighted by Gasteiger charge is -2.49. The highest BCUT2D eigenvalue weighted by atomic mass is 16.3. The first-order valence-corrected chi connectivity index (χ1v) is 4.96. The van der Waals surface area contributed by atoms with Crippen LogP contribution in [0.4, 0.5) is 0 Å². The van der Waals surface area contributed by atoms with E-state index in [0.29, 0.717) is 5.41 Å². The summed E-state index contributed by atoms with van der Waals surface area (Å²) in [5, 5.41) is 11.6. The molecule has 0 aliphatic heterocycles. The van der Waals surface area contributed by atoms with Gasteiger partial charge in [0.15, 0.2) is 0 Å². The predicted octanol–water partition coefficient (Wildman–Crippen LogP) is 2.30. The molecule has 0 heterocycles. The molecule has 1 fully saturated rings. The second kappa shape index (κ2) is 3.37. The SMILES string of the molecule is C[CH-]CC1(C)CCC(C)([O-])CC1. The lowest BCUT2D eigenvalue weighted by atomic mass is 9.68. The summed E-state index contributed by atoms with van der Waals surface area (Å²) in [7, 11) is 0. The summed E-state index contributed by atoms with van der Waals surface area (Å²) in [5.74, 6) is 0. The number of rotatable bonds is 2. The first-order chi connectivity index (χ1) is 5.47. The summed E-state index contributed by atoms with van der Waals surface area (Å²) in [4.78, 5) is 0. The molecular formula is C11H20O-2. The fourth-order valence-electron chi connectivity index (χ4n) is 2.08. The van der Waals surface area contributed by atoms with Crippen LogP contribution in [-0.4, -0.2) is 5.60 Å². The summed E-state index contributed by atoms with van der Waals surface area (Å²) in [6.07, 6.45) is 7.33. The van der Waals surface area contributed by atoms with E-state index in [0.717, 1.165) is 25.7 Å². The molecule has 1 heteroatoms. The fourth-order valence-corrected chi connectivity index (χ4v) is 2.08. The summed E-state index contributed by atoms with van der Waals surface area (Å²) in [6, 6.07) is 0. The van der Waals surface area contributed by atoms with E-state index >= 15 is 0 Å². The van der Waals surface area contributed by atoms with E-state index in [2.05, 4.69) is 20.3 Å².